The average molecular weight is 255 g/mol. The van der Waals surface area contributed by atoms with Crippen molar-refractivity contribution < 1.29 is 14.3 Å². The van der Waals surface area contributed by atoms with Crippen molar-refractivity contribution in [3.63, 3.8) is 0 Å². The molecule has 0 amide bonds. The lowest BCUT2D eigenvalue weighted by Crippen LogP contribution is -2.24. The van der Waals surface area contributed by atoms with Crippen molar-refractivity contribution in [2.45, 2.75) is 33.3 Å². The van der Waals surface area contributed by atoms with Crippen LogP contribution in [0.4, 0.5) is 0 Å². The largest absolute Gasteiger partial charge is 0.456 e. The summed E-state index contributed by atoms with van der Waals surface area (Å²) >= 11 is 5.91. The lowest BCUT2D eigenvalue weighted by atomic mass is 10.1. The molecule has 0 heterocycles. The van der Waals surface area contributed by atoms with Gasteiger partial charge in [0.1, 0.15) is 5.60 Å². The van der Waals surface area contributed by atoms with E-state index in [1.165, 1.54) is 19.1 Å². The predicted octanol–water partition coefficient (Wildman–Crippen LogP) is 3.50. The second-order valence-electron chi connectivity index (χ2n) is 4.75. The summed E-state index contributed by atoms with van der Waals surface area (Å²) in [4.78, 5) is 23.1. The summed E-state index contributed by atoms with van der Waals surface area (Å²) in [6, 6.07) is 4.56. The van der Waals surface area contributed by atoms with Gasteiger partial charge in [0.05, 0.1) is 10.6 Å². The van der Waals surface area contributed by atoms with E-state index >= 15 is 0 Å². The number of rotatable bonds is 2. The molecule has 0 fully saturated rings. The Morgan fingerprint density at radius 1 is 1.24 bits per heavy atom. The third-order valence-electron chi connectivity index (χ3n) is 1.99. The maximum Gasteiger partial charge on any atom is 0.340 e. The molecule has 0 spiro atoms. The van der Waals surface area contributed by atoms with Gasteiger partial charge >= 0.3 is 5.97 Å². The first-order valence-corrected chi connectivity index (χ1v) is 5.62. The monoisotopic (exact) mass is 254 g/mol. The first-order valence-electron chi connectivity index (χ1n) is 5.24. The molecule has 0 N–H and O–H groups in total. The molecule has 1 aromatic carbocycles. The number of halogens is 1. The van der Waals surface area contributed by atoms with E-state index in [2.05, 4.69) is 0 Å². The van der Waals surface area contributed by atoms with E-state index in [1.54, 1.807) is 26.8 Å². The number of carbonyl (C=O) groups excluding carboxylic acids is 2. The van der Waals surface area contributed by atoms with Crippen molar-refractivity contribution in [1.29, 1.82) is 0 Å². The molecule has 0 saturated carbocycles. The first-order chi connectivity index (χ1) is 7.70. The predicted molar refractivity (Wildman–Crippen MR) is 66.6 cm³/mol. The Hall–Kier alpha value is -1.35. The minimum Gasteiger partial charge on any atom is -0.456 e. The zero-order valence-corrected chi connectivity index (χ0v) is 11.1. The number of ether oxygens (including phenoxy) is 1. The summed E-state index contributed by atoms with van der Waals surface area (Å²) in [6.07, 6.45) is 0. The van der Waals surface area contributed by atoms with Crippen LogP contribution in [0.2, 0.25) is 5.02 Å². The highest BCUT2D eigenvalue weighted by Gasteiger charge is 2.20. The van der Waals surface area contributed by atoms with Gasteiger partial charge in [0.15, 0.2) is 5.78 Å². The Morgan fingerprint density at radius 2 is 1.82 bits per heavy atom. The molecular formula is C13H15ClO3. The molecule has 1 rings (SSSR count). The van der Waals surface area contributed by atoms with Crippen LogP contribution in [-0.2, 0) is 4.74 Å². The van der Waals surface area contributed by atoms with Crippen LogP contribution in [0, 0.1) is 0 Å². The van der Waals surface area contributed by atoms with E-state index in [9.17, 15) is 9.59 Å². The fourth-order valence-corrected chi connectivity index (χ4v) is 1.43. The van der Waals surface area contributed by atoms with Crippen molar-refractivity contribution >= 4 is 23.4 Å². The quantitative estimate of drug-likeness (QED) is 0.599. The Labute approximate surface area is 106 Å². The third kappa shape index (κ3) is 3.86. The van der Waals surface area contributed by atoms with Gasteiger partial charge in [-0.2, -0.15) is 0 Å². The smallest absolute Gasteiger partial charge is 0.340 e. The van der Waals surface area contributed by atoms with Crippen LogP contribution in [0.5, 0.6) is 0 Å². The second kappa shape index (κ2) is 4.88. The van der Waals surface area contributed by atoms with Crippen molar-refractivity contribution in [1.82, 2.24) is 0 Å². The molecule has 1 aromatic rings. The van der Waals surface area contributed by atoms with Gasteiger partial charge in [-0.25, -0.2) is 4.79 Å². The van der Waals surface area contributed by atoms with Crippen LogP contribution in [0.15, 0.2) is 18.2 Å². The molecule has 0 saturated heterocycles. The van der Waals surface area contributed by atoms with Gasteiger partial charge in [0, 0.05) is 5.56 Å². The minimum atomic E-state index is -0.591. The molecule has 0 radical (unpaired) electrons. The molecule has 0 aliphatic heterocycles. The number of benzene rings is 1. The van der Waals surface area contributed by atoms with Crippen molar-refractivity contribution in [2.75, 3.05) is 0 Å². The molecule has 0 aliphatic rings. The van der Waals surface area contributed by atoms with Gasteiger partial charge in [0.2, 0.25) is 0 Å². The Balaban J connectivity index is 3.08. The highest BCUT2D eigenvalue weighted by molar-refractivity contribution is 6.33. The third-order valence-corrected chi connectivity index (χ3v) is 2.32. The standard InChI is InChI=1S/C13H15ClO3/c1-8(15)9-5-6-11(14)10(7-9)12(16)17-13(2,3)4/h5-7H,1-4H3. The van der Waals surface area contributed by atoms with Gasteiger partial charge < -0.3 is 4.74 Å². The lowest BCUT2D eigenvalue weighted by Gasteiger charge is -2.20. The van der Waals surface area contributed by atoms with Gasteiger partial charge in [-0.1, -0.05) is 11.6 Å². The fourth-order valence-electron chi connectivity index (χ4n) is 1.23. The minimum absolute atomic E-state index is 0.119. The Morgan fingerprint density at radius 3 is 2.29 bits per heavy atom. The fraction of sp³-hybridized carbons (Fsp3) is 0.385. The second-order valence-corrected chi connectivity index (χ2v) is 5.16. The van der Waals surface area contributed by atoms with Gasteiger partial charge in [-0.15, -0.1) is 0 Å². The van der Waals surface area contributed by atoms with E-state index in [0.717, 1.165) is 0 Å². The van der Waals surface area contributed by atoms with Crippen LogP contribution < -0.4 is 0 Å². The molecule has 0 bridgehead atoms. The molecule has 17 heavy (non-hydrogen) atoms. The Bertz CT molecular complexity index is 458. The molecule has 0 aromatic heterocycles. The lowest BCUT2D eigenvalue weighted by molar-refractivity contribution is 0.00697. The van der Waals surface area contributed by atoms with Crippen LogP contribution in [0.3, 0.4) is 0 Å². The number of hydrogen-bond donors (Lipinski definition) is 0. The summed E-state index contributed by atoms with van der Waals surface area (Å²) in [5, 5.41) is 0.282. The summed E-state index contributed by atoms with van der Waals surface area (Å²) in [5.74, 6) is -0.642. The normalized spacial score (nSPS) is 11.1. The van der Waals surface area contributed by atoms with Crippen molar-refractivity contribution in [3.8, 4) is 0 Å². The van der Waals surface area contributed by atoms with E-state index in [-0.39, 0.29) is 16.4 Å². The Kier molecular flexibility index (Phi) is 3.94. The van der Waals surface area contributed by atoms with Crippen LogP contribution in [0.25, 0.3) is 0 Å². The van der Waals surface area contributed by atoms with Crippen LogP contribution in [-0.4, -0.2) is 17.4 Å². The maximum absolute atomic E-state index is 11.8. The first kappa shape index (κ1) is 13.7. The summed E-state index contributed by atoms with van der Waals surface area (Å²) in [7, 11) is 0. The molecule has 0 aliphatic carbocycles. The van der Waals surface area contributed by atoms with E-state index in [1.807, 2.05) is 0 Å². The number of ketones is 1. The van der Waals surface area contributed by atoms with Gasteiger partial charge in [0.25, 0.3) is 0 Å². The molecular weight excluding hydrogens is 240 g/mol. The van der Waals surface area contributed by atoms with E-state index in [4.69, 9.17) is 16.3 Å². The molecule has 4 heteroatoms. The SMILES string of the molecule is CC(=O)c1ccc(Cl)c(C(=O)OC(C)(C)C)c1. The summed E-state index contributed by atoms with van der Waals surface area (Å²) in [6.45, 7) is 6.75. The average Bonchev–Trinajstić information content (AvgIpc) is 2.14. The van der Waals surface area contributed by atoms with Crippen molar-refractivity contribution in [3.05, 3.63) is 34.3 Å². The van der Waals surface area contributed by atoms with E-state index in [0.29, 0.717) is 5.56 Å². The van der Waals surface area contributed by atoms with E-state index < -0.39 is 11.6 Å². The number of hydrogen-bond acceptors (Lipinski definition) is 3. The number of carbonyl (C=O) groups is 2. The van der Waals surface area contributed by atoms with Crippen LogP contribution >= 0.6 is 11.6 Å². The van der Waals surface area contributed by atoms with Crippen LogP contribution in [0.1, 0.15) is 48.4 Å². The molecule has 0 unspecified atom stereocenters. The number of Topliss-reactive ketones (excluding diaryl/α,β-unsaturated/α-hetero) is 1. The highest BCUT2D eigenvalue weighted by Crippen LogP contribution is 2.21. The molecule has 92 valence electrons. The zero-order valence-electron chi connectivity index (χ0n) is 10.3. The topological polar surface area (TPSA) is 43.4 Å². The van der Waals surface area contributed by atoms with Crippen molar-refractivity contribution in [2.24, 2.45) is 0 Å². The molecule has 3 nitrogen and oxygen atoms in total. The number of esters is 1. The van der Waals surface area contributed by atoms with Gasteiger partial charge in [-0.05, 0) is 45.9 Å². The highest BCUT2D eigenvalue weighted by atomic mass is 35.5. The zero-order chi connectivity index (χ0) is 13.2. The maximum atomic E-state index is 11.8. The summed E-state index contributed by atoms with van der Waals surface area (Å²) in [5.41, 5.74) is 0.0664. The van der Waals surface area contributed by atoms with Gasteiger partial charge in [-0.3, -0.25) is 4.79 Å². The summed E-state index contributed by atoms with van der Waals surface area (Å²) < 4.78 is 5.20. The molecule has 0 atom stereocenters.